The van der Waals surface area contributed by atoms with Gasteiger partial charge in [0.15, 0.2) is 11.0 Å². The Hall–Kier alpha value is -3.29. The normalized spacial score (nSPS) is 18.2. The third kappa shape index (κ3) is 7.75. The molecule has 2 heterocycles. The van der Waals surface area contributed by atoms with Crippen LogP contribution in [0.5, 0.6) is 0 Å². The summed E-state index contributed by atoms with van der Waals surface area (Å²) in [5.41, 5.74) is -2.02. The van der Waals surface area contributed by atoms with E-state index in [1.807, 2.05) is 0 Å². The van der Waals surface area contributed by atoms with Gasteiger partial charge < -0.3 is 15.0 Å². The van der Waals surface area contributed by atoms with Gasteiger partial charge in [-0.15, -0.1) is 0 Å². The molecular weight excluding hydrogens is 583 g/mol. The number of anilines is 2. The molecule has 42 heavy (non-hydrogen) atoms. The molecule has 0 unspecified atom stereocenters. The Labute approximate surface area is 243 Å². The number of carbonyl (C=O) groups is 2. The van der Waals surface area contributed by atoms with Crippen LogP contribution in [0, 0.1) is 6.92 Å². The van der Waals surface area contributed by atoms with Crippen molar-refractivity contribution in [2.24, 2.45) is 0 Å². The van der Waals surface area contributed by atoms with E-state index >= 15 is 0 Å². The summed E-state index contributed by atoms with van der Waals surface area (Å²) in [5.74, 6) is -4.12. The Bertz CT molecular complexity index is 1390. The minimum atomic E-state index is -4.74. The molecule has 1 saturated carbocycles. The molecule has 2 amide bonds. The summed E-state index contributed by atoms with van der Waals surface area (Å²) < 4.78 is 91.1. The highest BCUT2D eigenvalue weighted by molar-refractivity contribution is 7.83. The van der Waals surface area contributed by atoms with Crippen LogP contribution in [-0.4, -0.2) is 45.8 Å². The lowest BCUT2D eigenvalue weighted by Crippen LogP contribution is -2.33. The first-order chi connectivity index (χ1) is 19.4. The molecule has 2 aromatic rings. The number of nitrogens with zero attached hydrogens (tertiary/aromatic N) is 2. The van der Waals surface area contributed by atoms with Crippen LogP contribution in [0.4, 0.5) is 38.1 Å². The van der Waals surface area contributed by atoms with Gasteiger partial charge in [-0.3, -0.25) is 4.79 Å². The zero-order valence-electron chi connectivity index (χ0n) is 23.7. The van der Waals surface area contributed by atoms with E-state index in [4.69, 9.17) is 4.74 Å². The molecule has 230 valence electrons. The summed E-state index contributed by atoms with van der Waals surface area (Å²) in [5, 5.41) is 2.39. The highest BCUT2D eigenvalue weighted by Crippen LogP contribution is 2.50. The molecule has 1 aromatic heterocycles. The van der Waals surface area contributed by atoms with Gasteiger partial charge in [-0.2, -0.15) is 13.2 Å². The van der Waals surface area contributed by atoms with Crippen LogP contribution in [-0.2, 0) is 21.9 Å². The van der Waals surface area contributed by atoms with E-state index in [1.54, 1.807) is 25.7 Å². The quantitative estimate of drug-likeness (QED) is 0.350. The van der Waals surface area contributed by atoms with E-state index < -0.39 is 52.7 Å². The van der Waals surface area contributed by atoms with Crippen molar-refractivity contribution in [3.05, 3.63) is 46.6 Å². The van der Waals surface area contributed by atoms with Crippen molar-refractivity contribution in [1.29, 1.82) is 0 Å². The number of hydrogen-bond donors (Lipinski definition) is 2. The number of rotatable bonds is 6. The van der Waals surface area contributed by atoms with Gasteiger partial charge in [-0.05, 0) is 82.2 Å². The number of pyridine rings is 1. The van der Waals surface area contributed by atoms with Crippen molar-refractivity contribution in [2.75, 3.05) is 23.3 Å². The van der Waals surface area contributed by atoms with E-state index in [1.165, 1.54) is 31.3 Å². The van der Waals surface area contributed by atoms with Crippen LogP contribution >= 0.6 is 0 Å². The predicted octanol–water partition coefficient (Wildman–Crippen LogP) is 6.71. The molecule has 1 atom stereocenters. The Morgan fingerprint density at radius 2 is 1.81 bits per heavy atom. The molecule has 0 bridgehead atoms. The van der Waals surface area contributed by atoms with E-state index in [-0.39, 0.29) is 64.9 Å². The van der Waals surface area contributed by atoms with Gasteiger partial charge in [0.1, 0.15) is 10.6 Å². The molecule has 1 aliphatic heterocycles. The zero-order valence-corrected chi connectivity index (χ0v) is 24.5. The second kappa shape index (κ2) is 11.8. The largest absolute Gasteiger partial charge is 0.443 e. The Morgan fingerprint density at radius 3 is 2.43 bits per heavy atom. The third-order valence-electron chi connectivity index (χ3n) is 6.93. The monoisotopic (exact) mass is 616 g/mol. The fourth-order valence-corrected chi connectivity index (χ4v) is 5.66. The van der Waals surface area contributed by atoms with E-state index in [9.17, 15) is 35.8 Å². The van der Waals surface area contributed by atoms with Gasteiger partial charge in [0.05, 0.1) is 16.8 Å². The SMILES string of the molecule is Cc1c(C(=O)Nc2ccnc([S@](=O)NC(=O)OC(C)(C)C)c2)c(N2CCCC(F)(F)CC2)cc(C2CC2)c1C(F)(F)F. The first kappa shape index (κ1) is 31.6. The van der Waals surface area contributed by atoms with Crippen molar-refractivity contribution in [2.45, 2.75) is 88.4 Å². The number of benzene rings is 1. The van der Waals surface area contributed by atoms with Crippen LogP contribution in [0.2, 0.25) is 0 Å². The van der Waals surface area contributed by atoms with Crippen molar-refractivity contribution in [3.63, 3.8) is 0 Å². The number of carbonyl (C=O) groups excluding carboxylic acids is 2. The Morgan fingerprint density at radius 1 is 1.12 bits per heavy atom. The standard InChI is InChI=1S/C28H33F5N4O4S/c1-16-22(24(38)35-18-8-11-34-21(14-18)42(40)36-25(39)41-26(2,3)4)20(37-12-5-9-27(29,30)10-13-37)15-19(17-6-7-17)23(16)28(31,32)33/h8,11,14-15,17H,5-7,9-10,12-13H2,1-4H3,(H,36,39)(H,34,35,38)/t42-/m0/s1. The summed E-state index contributed by atoms with van der Waals surface area (Å²) in [7, 11) is -2.17. The molecule has 1 aliphatic carbocycles. The number of amides is 2. The van der Waals surface area contributed by atoms with Gasteiger partial charge in [0, 0.05) is 37.8 Å². The molecule has 0 spiro atoms. The minimum absolute atomic E-state index is 0.0527. The third-order valence-corrected chi connectivity index (χ3v) is 7.89. The first-order valence-electron chi connectivity index (χ1n) is 13.5. The fraction of sp³-hybridized carbons (Fsp3) is 0.536. The van der Waals surface area contributed by atoms with Gasteiger partial charge in [-0.1, -0.05) is 0 Å². The molecule has 2 aliphatic rings. The molecule has 0 radical (unpaired) electrons. The minimum Gasteiger partial charge on any atom is -0.443 e. The number of alkyl halides is 5. The second-order valence-electron chi connectivity index (χ2n) is 11.5. The van der Waals surface area contributed by atoms with E-state index in [0.29, 0.717) is 12.8 Å². The molecule has 8 nitrogen and oxygen atoms in total. The number of halogens is 5. The number of aromatic nitrogens is 1. The van der Waals surface area contributed by atoms with Gasteiger partial charge in [0.2, 0.25) is 5.92 Å². The molecule has 2 N–H and O–H groups in total. The maximum atomic E-state index is 14.3. The van der Waals surface area contributed by atoms with Gasteiger partial charge in [0.25, 0.3) is 5.91 Å². The van der Waals surface area contributed by atoms with E-state index in [0.717, 1.165) is 0 Å². The summed E-state index contributed by atoms with van der Waals surface area (Å²) in [6.45, 7) is 6.11. The molecule has 4 rings (SSSR count). The molecular formula is C28H33F5N4O4S. The number of ether oxygens (including phenoxy) is 1. The van der Waals surface area contributed by atoms with Gasteiger partial charge in [-0.25, -0.2) is 27.5 Å². The lowest BCUT2D eigenvalue weighted by Gasteiger charge is -2.29. The number of nitrogens with one attached hydrogen (secondary N) is 2. The summed E-state index contributed by atoms with van der Waals surface area (Å²) in [6, 6.07) is 3.89. The topological polar surface area (TPSA) is 101 Å². The van der Waals surface area contributed by atoms with Crippen LogP contribution in [0.25, 0.3) is 0 Å². The Kier molecular flexibility index (Phi) is 8.87. The first-order valence-corrected chi connectivity index (χ1v) is 14.7. The lowest BCUT2D eigenvalue weighted by molar-refractivity contribution is -0.138. The average Bonchev–Trinajstić information content (AvgIpc) is 3.69. The highest BCUT2D eigenvalue weighted by Gasteiger charge is 2.43. The van der Waals surface area contributed by atoms with Crippen molar-refractivity contribution >= 4 is 34.4 Å². The molecule has 1 aromatic carbocycles. The summed E-state index contributed by atoms with van der Waals surface area (Å²) in [6.07, 6.45) is -4.09. The van der Waals surface area contributed by atoms with Crippen LogP contribution in [0.15, 0.2) is 29.4 Å². The lowest BCUT2D eigenvalue weighted by atomic mass is 9.91. The summed E-state index contributed by atoms with van der Waals surface area (Å²) in [4.78, 5) is 31.2. The van der Waals surface area contributed by atoms with Crippen molar-refractivity contribution in [3.8, 4) is 0 Å². The molecule has 1 saturated heterocycles. The second-order valence-corrected chi connectivity index (χ2v) is 12.7. The maximum absolute atomic E-state index is 14.3. The number of hydrogen-bond acceptors (Lipinski definition) is 6. The van der Waals surface area contributed by atoms with Crippen molar-refractivity contribution in [1.82, 2.24) is 9.71 Å². The smallest absolute Gasteiger partial charge is 0.419 e. The van der Waals surface area contributed by atoms with Crippen molar-refractivity contribution < 1.29 is 40.5 Å². The zero-order chi connectivity index (χ0) is 31.0. The Balaban J connectivity index is 1.69. The van der Waals surface area contributed by atoms with E-state index in [2.05, 4.69) is 15.0 Å². The maximum Gasteiger partial charge on any atom is 0.419 e. The average molecular weight is 617 g/mol. The molecule has 2 fully saturated rings. The predicted molar refractivity (Wildman–Crippen MR) is 147 cm³/mol. The molecule has 14 heteroatoms. The van der Waals surface area contributed by atoms with Crippen LogP contribution in [0.1, 0.15) is 85.8 Å². The summed E-state index contributed by atoms with van der Waals surface area (Å²) >= 11 is 0. The van der Waals surface area contributed by atoms with Gasteiger partial charge >= 0.3 is 12.3 Å². The fourth-order valence-electron chi connectivity index (χ4n) is 4.97. The van der Waals surface area contributed by atoms with Crippen LogP contribution in [0.3, 0.4) is 0 Å². The van der Waals surface area contributed by atoms with Crippen LogP contribution < -0.4 is 14.9 Å². The highest BCUT2D eigenvalue weighted by atomic mass is 32.2.